The van der Waals surface area contributed by atoms with E-state index in [1.807, 2.05) is 0 Å². The zero-order valence-electron chi connectivity index (χ0n) is 13.4. The topological polar surface area (TPSA) is 59.0 Å². The Morgan fingerprint density at radius 3 is 2.26 bits per heavy atom. The van der Waals surface area contributed by atoms with Gasteiger partial charge in [-0.25, -0.2) is 9.78 Å². The normalized spacial score (nSPS) is 11.3. The molecule has 0 radical (unpaired) electrons. The molecule has 1 heterocycles. The Morgan fingerprint density at radius 1 is 1.00 bits per heavy atom. The maximum Gasteiger partial charge on any atom is 0.416 e. The number of hydrogen-bond donors (Lipinski definition) is 2. The third kappa shape index (κ3) is 4.53. The number of imidazole rings is 1. The lowest BCUT2D eigenvalue weighted by Crippen LogP contribution is -2.19. The number of nitrogens with zero attached hydrogens (tertiary/aromatic N) is 2. The number of rotatable bonds is 3. The smallest absolute Gasteiger partial charge is 0.308 e. The lowest BCUT2D eigenvalue weighted by Gasteiger charge is -2.11. The van der Waals surface area contributed by atoms with E-state index in [1.54, 1.807) is 24.3 Å². The van der Waals surface area contributed by atoms with Crippen molar-refractivity contribution in [1.82, 2.24) is 9.55 Å². The van der Waals surface area contributed by atoms with Crippen LogP contribution in [0, 0.1) is 0 Å². The minimum absolute atomic E-state index is 0.148. The molecule has 3 rings (SSSR count). The van der Waals surface area contributed by atoms with Gasteiger partial charge in [0.15, 0.2) is 10.3 Å². The molecule has 0 atom stereocenters. The predicted octanol–water partition coefficient (Wildman–Crippen LogP) is 5.84. The van der Waals surface area contributed by atoms with E-state index in [0.717, 1.165) is 12.1 Å². The number of anilines is 2. The van der Waals surface area contributed by atoms with Crippen molar-refractivity contribution in [3.05, 3.63) is 70.7 Å². The van der Waals surface area contributed by atoms with Gasteiger partial charge in [-0.15, -0.1) is 0 Å². The van der Waals surface area contributed by atoms with E-state index in [2.05, 4.69) is 15.6 Å². The Labute approximate surface area is 161 Å². The number of nitrogens with one attached hydrogen (secondary N) is 2. The van der Waals surface area contributed by atoms with Crippen LogP contribution in [0.2, 0.25) is 10.3 Å². The van der Waals surface area contributed by atoms with Gasteiger partial charge in [0.1, 0.15) is 6.33 Å². The Balaban J connectivity index is 1.69. The van der Waals surface area contributed by atoms with Crippen LogP contribution in [0.4, 0.5) is 29.3 Å². The molecule has 0 unspecified atom stereocenters. The maximum absolute atomic E-state index is 12.6. The molecule has 0 aliphatic carbocycles. The minimum atomic E-state index is -4.43. The van der Waals surface area contributed by atoms with Crippen molar-refractivity contribution in [2.24, 2.45) is 0 Å². The van der Waals surface area contributed by atoms with Gasteiger partial charge in [0.2, 0.25) is 0 Å². The van der Waals surface area contributed by atoms with Crippen molar-refractivity contribution >= 4 is 40.6 Å². The van der Waals surface area contributed by atoms with E-state index in [1.165, 1.54) is 23.0 Å². The molecule has 0 aliphatic heterocycles. The number of alkyl halides is 3. The summed E-state index contributed by atoms with van der Waals surface area (Å²) in [4.78, 5) is 16.0. The third-order valence-corrected chi connectivity index (χ3v) is 4.26. The fourth-order valence-electron chi connectivity index (χ4n) is 2.26. The van der Waals surface area contributed by atoms with Gasteiger partial charge in [-0.1, -0.05) is 29.3 Å². The van der Waals surface area contributed by atoms with Gasteiger partial charge in [-0.05, 0) is 42.5 Å². The summed E-state index contributed by atoms with van der Waals surface area (Å²) >= 11 is 11.9. The highest BCUT2D eigenvalue weighted by Crippen LogP contribution is 2.30. The second-order valence-corrected chi connectivity index (χ2v) is 6.12. The standard InChI is InChI=1S/C17H11Cl2F3N4O/c18-14-15(19)26(9-23-14)13-3-1-2-12(8-13)25-16(27)24-11-6-4-10(5-7-11)17(20,21)22/h1-9H,(H2,24,25,27). The molecule has 27 heavy (non-hydrogen) atoms. The average molecular weight is 415 g/mol. The first-order chi connectivity index (χ1) is 12.7. The number of benzene rings is 2. The summed E-state index contributed by atoms with van der Waals surface area (Å²) in [5.74, 6) is 0. The van der Waals surface area contributed by atoms with Gasteiger partial charge in [0.05, 0.1) is 11.3 Å². The Hall–Kier alpha value is -2.71. The van der Waals surface area contributed by atoms with Crippen LogP contribution in [0.3, 0.4) is 0 Å². The monoisotopic (exact) mass is 414 g/mol. The van der Waals surface area contributed by atoms with Crippen molar-refractivity contribution in [2.75, 3.05) is 10.6 Å². The maximum atomic E-state index is 12.6. The largest absolute Gasteiger partial charge is 0.416 e. The van der Waals surface area contributed by atoms with Crippen LogP contribution in [0.1, 0.15) is 5.56 Å². The molecule has 140 valence electrons. The zero-order valence-corrected chi connectivity index (χ0v) is 14.9. The molecule has 0 spiro atoms. The van der Waals surface area contributed by atoms with E-state index in [0.29, 0.717) is 11.4 Å². The van der Waals surface area contributed by atoms with E-state index in [4.69, 9.17) is 23.2 Å². The highest BCUT2D eigenvalue weighted by Gasteiger charge is 2.29. The van der Waals surface area contributed by atoms with Gasteiger partial charge in [-0.3, -0.25) is 4.57 Å². The van der Waals surface area contributed by atoms with Crippen LogP contribution in [0.25, 0.3) is 5.69 Å². The SMILES string of the molecule is O=C(Nc1ccc(C(F)(F)F)cc1)Nc1cccc(-n2cnc(Cl)c2Cl)c1. The fourth-order valence-corrected chi connectivity index (χ4v) is 2.59. The van der Waals surface area contributed by atoms with Crippen molar-refractivity contribution in [1.29, 1.82) is 0 Å². The van der Waals surface area contributed by atoms with Crippen molar-refractivity contribution < 1.29 is 18.0 Å². The Kier molecular flexibility index (Phi) is 5.29. The summed E-state index contributed by atoms with van der Waals surface area (Å²) in [6.45, 7) is 0. The molecule has 10 heteroatoms. The Bertz CT molecular complexity index is 971. The molecule has 2 aromatic carbocycles. The molecular formula is C17H11Cl2F3N4O. The highest BCUT2D eigenvalue weighted by atomic mass is 35.5. The molecule has 0 fully saturated rings. The van der Waals surface area contributed by atoms with E-state index >= 15 is 0 Å². The fraction of sp³-hybridized carbons (Fsp3) is 0.0588. The summed E-state index contributed by atoms with van der Waals surface area (Å²) in [5.41, 5.74) is 0.489. The number of carbonyl (C=O) groups excluding carboxylic acids is 1. The van der Waals surface area contributed by atoms with Crippen molar-refractivity contribution in [2.45, 2.75) is 6.18 Å². The number of urea groups is 1. The quantitative estimate of drug-likeness (QED) is 0.565. The van der Waals surface area contributed by atoms with Crippen LogP contribution >= 0.6 is 23.2 Å². The lowest BCUT2D eigenvalue weighted by atomic mass is 10.2. The number of amides is 2. The molecular weight excluding hydrogens is 404 g/mol. The van der Waals surface area contributed by atoms with Crippen LogP contribution in [0.5, 0.6) is 0 Å². The average Bonchev–Trinajstić information content (AvgIpc) is 2.94. The molecule has 2 N–H and O–H groups in total. The molecule has 1 aromatic heterocycles. The first kappa shape index (κ1) is 19.1. The van der Waals surface area contributed by atoms with E-state index in [-0.39, 0.29) is 16.0 Å². The second-order valence-electron chi connectivity index (χ2n) is 5.40. The highest BCUT2D eigenvalue weighted by molar-refractivity contribution is 6.40. The van der Waals surface area contributed by atoms with E-state index in [9.17, 15) is 18.0 Å². The van der Waals surface area contributed by atoms with Crippen molar-refractivity contribution in [3.8, 4) is 5.69 Å². The number of halogens is 5. The summed E-state index contributed by atoms with van der Waals surface area (Å²) in [6, 6.07) is 10.2. The summed E-state index contributed by atoms with van der Waals surface area (Å²) in [7, 11) is 0. The molecule has 0 bridgehead atoms. The number of carbonyl (C=O) groups is 1. The molecule has 5 nitrogen and oxygen atoms in total. The summed E-state index contributed by atoms with van der Waals surface area (Å²) in [5, 5.41) is 5.42. The molecule has 0 aliphatic rings. The first-order valence-corrected chi connectivity index (χ1v) is 8.23. The zero-order chi connectivity index (χ0) is 19.6. The van der Waals surface area contributed by atoms with Gasteiger partial charge in [0.25, 0.3) is 0 Å². The molecule has 0 saturated carbocycles. The molecule has 0 saturated heterocycles. The lowest BCUT2D eigenvalue weighted by molar-refractivity contribution is -0.137. The van der Waals surface area contributed by atoms with Crippen LogP contribution in [0.15, 0.2) is 54.9 Å². The van der Waals surface area contributed by atoms with Crippen LogP contribution in [-0.2, 0) is 6.18 Å². The van der Waals surface area contributed by atoms with Crippen LogP contribution < -0.4 is 10.6 Å². The minimum Gasteiger partial charge on any atom is -0.308 e. The van der Waals surface area contributed by atoms with Crippen LogP contribution in [-0.4, -0.2) is 15.6 Å². The second kappa shape index (κ2) is 7.50. The Morgan fingerprint density at radius 2 is 1.67 bits per heavy atom. The molecule has 3 aromatic rings. The summed E-state index contributed by atoms with van der Waals surface area (Å²) in [6.07, 6.45) is -3.00. The van der Waals surface area contributed by atoms with Crippen molar-refractivity contribution in [3.63, 3.8) is 0 Å². The van der Waals surface area contributed by atoms with Gasteiger partial charge in [0, 0.05) is 11.4 Å². The van der Waals surface area contributed by atoms with Gasteiger partial charge >= 0.3 is 12.2 Å². The van der Waals surface area contributed by atoms with E-state index < -0.39 is 17.8 Å². The predicted molar refractivity (Wildman–Crippen MR) is 97.7 cm³/mol. The first-order valence-electron chi connectivity index (χ1n) is 7.48. The third-order valence-electron chi connectivity index (χ3n) is 3.52. The number of aromatic nitrogens is 2. The van der Waals surface area contributed by atoms with Gasteiger partial charge in [-0.2, -0.15) is 13.2 Å². The molecule has 2 amide bonds. The number of hydrogen-bond acceptors (Lipinski definition) is 2. The van der Waals surface area contributed by atoms with Gasteiger partial charge < -0.3 is 10.6 Å². The summed E-state index contributed by atoms with van der Waals surface area (Å²) < 4.78 is 39.2.